The van der Waals surface area contributed by atoms with Gasteiger partial charge >= 0.3 is 10.1 Å². The lowest BCUT2D eigenvalue weighted by Gasteiger charge is -2.10. The van der Waals surface area contributed by atoms with Crippen LogP contribution in [0.5, 0.6) is 5.75 Å². The largest absolute Gasteiger partial charge is 0.378 e. The molecule has 0 atom stereocenters. The van der Waals surface area contributed by atoms with Crippen LogP contribution in [0.15, 0.2) is 76.1 Å². The predicted molar refractivity (Wildman–Crippen MR) is 123 cm³/mol. The summed E-state index contributed by atoms with van der Waals surface area (Å²) in [6.07, 6.45) is 1.52. The minimum atomic E-state index is -4.10. The van der Waals surface area contributed by atoms with Gasteiger partial charge in [-0.1, -0.05) is 39.7 Å². The quantitative estimate of drug-likeness (QED) is 0.268. The molecule has 0 bridgehead atoms. The lowest BCUT2D eigenvalue weighted by atomic mass is 10.1. The summed E-state index contributed by atoms with van der Waals surface area (Å²) in [6.45, 7) is 0. The highest BCUT2D eigenvalue weighted by molar-refractivity contribution is 9.10. The van der Waals surface area contributed by atoms with Crippen LogP contribution >= 0.6 is 27.5 Å². The maximum atomic E-state index is 12.7. The maximum Gasteiger partial charge on any atom is 0.339 e. The minimum Gasteiger partial charge on any atom is -0.378 e. The first kappa shape index (κ1) is 21.1. The number of hydrogen-bond donors (Lipinski definition) is 1. The number of rotatable bonds is 5. The van der Waals surface area contributed by atoms with Gasteiger partial charge in [0.25, 0.3) is 0 Å². The Labute approximate surface area is 192 Å². The second-order valence-corrected chi connectivity index (χ2v) is 9.34. The zero-order chi connectivity index (χ0) is 22.0. The van der Waals surface area contributed by atoms with Gasteiger partial charge in [0.1, 0.15) is 22.5 Å². The molecule has 4 aromatic rings. The summed E-state index contributed by atoms with van der Waals surface area (Å²) in [5, 5.41) is 10.1. The predicted octanol–water partition coefficient (Wildman–Crippen LogP) is 5.81. The fourth-order valence-corrected chi connectivity index (χ4v) is 4.32. The number of allylic oxidation sites excluding steroid dienone is 1. The van der Waals surface area contributed by atoms with Crippen LogP contribution in [0.25, 0.3) is 22.7 Å². The molecular weight excluding hydrogens is 502 g/mol. The number of H-pyrrole nitrogens is 1. The van der Waals surface area contributed by atoms with Crippen LogP contribution in [0.3, 0.4) is 0 Å². The molecule has 0 radical (unpaired) electrons. The molecule has 0 aliphatic heterocycles. The number of fused-ring (bicyclic) bond motifs is 1. The van der Waals surface area contributed by atoms with Gasteiger partial charge in [-0.05, 0) is 60.7 Å². The number of halogens is 2. The molecule has 1 N–H and O–H groups in total. The number of aromatic amines is 1. The molecule has 31 heavy (non-hydrogen) atoms. The molecule has 0 saturated carbocycles. The van der Waals surface area contributed by atoms with Crippen molar-refractivity contribution in [3.8, 4) is 11.8 Å². The molecule has 4 rings (SSSR count). The molecule has 0 aliphatic rings. The molecule has 1 heterocycles. The van der Waals surface area contributed by atoms with Crippen molar-refractivity contribution in [2.75, 3.05) is 0 Å². The normalized spacial score (nSPS) is 12.0. The monoisotopic (exact) mass is 513 g/mol. The first-order valence-corrected chi connectivity index (χ1v) is 11.5. The summed E-state index contributed by atoms with van der Waals surface area (Å²) in [4.78, 5) is 7.49. The van der Waals surface area contributed by atoms with E-state index in [0.717, 1.165) is 11.0 Å². The summed E-state index contributed by atoms with van der Waals surface area (Å²) in [7, 11) is -4.10. The van der Waals surface area contributed by atoms with Crippen LogP contribution in [0.2, 0.25) is 5.02 Å². The zero-order valence-electron chi connectivity index (χ0n) is 15.7. The Morgan fingerprint density at radius 2 is 1.87 bits per heavy atom. The third-order valence-corrected chi connectivity index (χ3v) is 6.33. The van der Waals surface area contributed by atoms with E-state index in [9.17, 15) is 13.7 Å². The fourth-order valence-electron chi connectivity index (χ4n) is 2.87. The maximum absolute atomic E-state index is 12.7. The lowest BCUT2D eigenvalue weighted by Crippen LogP contribution is -2.10. The van der Waals surface area contributed by atoms with Crippen molar-refractivity contribution >= 4 is 60.3 Å². The summed E-state index contributed by atoms with van der Waals surface area (Å²) in [5.41, 5.74) is 2.12. The highest BCUT2D eigenvalue weighted by Crippen LogP contribution is 2.30. The van der Waals surface area contributed by atoms with Crippen LogP contribution in [-0.2, 0) is 10.1 Å². The van der Waals surface area contributed by atoms with Gasteiger partial charge in [0.15, 0.2) is 0 Å². The van der Waals surface area contributed by atoms with E-state index in [4.69, 9.17) is 15.8 Å². The third-order valence-electron chi connectivity index (χ3n) is 4.34. The first-order chi connectivity index (χ1) is 14.9. The molecule has 0 aliphatic carbocycles. The van der Waals surface area contributed by atoms with E-state index in [1.54, 1.807) is 12.1 Å². The number of hydrogen-bond acceptors (Lipinski definition) is 5. The van der Waals surface area contributed by atoms with Crippen LogP contribution in [0, 0.1) is 11.3 Å². The molecular formula is C22H13BrClN3O3S. The summed E-state index contributed by atoms with van der Waals surface area (Å²) >= 11 is 9.21. The van der Waals surface area contributed by atoms with Gasteiger partial charge in [0, 0.05) is 15.1 Å². The van der Waals surface area contributed by atoms with Crippen LogP contribution in [-0.4, -0.2) is 18.4 Å². The molecule has 0 saturated heterocycles. The van der Waals surface area contributed by atoms with Gasteiger partial charge in [-0.3, -0.25) is 0 Å². The number of imidazole rings is 1. The standard InChI is InChI=1S/C22H13BrClN3O3S/c23-16-5-10-21(30-31(28,29)18-8-6-17(24)7-9-18)14(12-16)11-15(13-25)22-26-19-3-1-2-4-20(19)27-22/h1-12H,(H,26,27)/b15-11+. The third kappa shape index (κ3) is 4.64. The van der Waals surface area contributed by atoms with E-state index in [1.165, 1.54) is 36.4 Å². The van der Waals surface area contributed by atoms with Gasteiger partial charge in [-0.25, -0.2) is 4.98 Å². The van der Waals surface area contributed by atoms with Crippen LogP contribution in [0.4, 0.5) is 0 Å². The molecule has 6 nitrogen and oxygen atoms in total. The average molecular weight is 515 g/mol. The van der Waals surface area contributed by atoms with Crippen molar-refractivity contribution in [2.45, 2.75) is 4.90 Å². The summed E-state index contributed by atoms with van der Waals surface area (Å²) < 4.78 is 31.5. The van der Waals surface area contributed by atoms with Gasteiger partial charge in [0.2, 0.25) is 0 Å². The van der Waals surface area contributed by atoms with Crippen molar-refractivity contribution in [1.29, 1.82) is 5.26 Å². The Bertz CT molecular complexity index is 1420. The summed E-state index contributed by atoms with van der Waals surface area (Å²) in [6, 6.07) is 20.0. The van der Waals surface area contributed by atoms with Crippen molar-refractivity contribution in [2.24, 2.45) is 0 Å². The zero-order valence-corrected chi connectivity index (χ0v) is 18.9. The Hall–Kier alpha value is -3.12. The molecule has 154 valence electrons. The highest BCUT2D eigenvalue weighted by atomic mass is 79.9. The fraction of sp³-hybridized carbons (Fsp3) is 0. The lowest BCUT2D eigenvalue weighted by molar-refractivity contribution is 0.485. The van der Waals surface area contributed by atoms with E-state index >= 15 is 0 Å². The molecule has 3 aromatic carbocycles. The van der Waals surface area contributed by atoms with E-state index in [-0.39, 0.29) is 16.2 Å². The Morgan fingerprint density at radius 3 is 2.58 bits per heavy atom. The Kier molecular flexibility index (Phi) is 5.83. The number of aromatic nitrogens is 2. The summed E-state index contributed by atoms with van der Waals surface area (Å²) in [5.74, 6) is 0.442. The number of para-hydroxylation sites is 2. The van der Waals surface area contributed by atoms with E-state index in [2.05, 4.69) is 32.0 Å². The van der Waals surface area contributed by atoms with Crippen LogP contribution < -0.4 is 4.18 Å². The highest BCUT2D eigenvalue weighted by Gasteiger charge is 2.19. The van der Waals surface area contributed by atoms with Crippen LogP contribution in [0.1, 0.15) is 11.4 Å². The number of nitrogens with one attached hydrogen (secondary N) is 1. The molecule has 1 aromatic heterocycles. The minimum absolute atomic E-state index is 0.0347. The SMILES string of the molecule is N#C/C(=C\c1cc(Br)ccc1OS(=O)(=O)c1ccc(Cl)cc1)c1nc2ccccc2[nH]1. The molecule has 0 unspecified atom stereocenters. The van der Waals surface area contributed by atoms with E-state index in [0.29, 0.717) is 20.9 Å². The average Bonchev–Trinajstić information content (AvgIpc) is 3.18. The van der Waals surface area contributed by atoms with E-state index in [1.807, 2.05) is 24.3 Å². The topological polar surface area (TPSA) is 95.8 Å². The molecule has 0 fully saturated rings. The number of nitrogens with zero attached hydrogens (tertiary/aromatic N) is 2. The number of benzene rings is 3. The van der Waals surface area contributed by atoms with Crippen molar-refractivity contribution in [1.82, 2.24) is 9.97 Å². The molecule has 0 spiro atoms. The van der Waals surface area contributed by atoms with Gasteiger partial charge < -0.3 is 9.17 Å². The Balaban J connectivity index is 1.75. The van der Waals surface area contributed by atoms with Gasteiger partial charge in [0.05, 0.1) is 16.6 Å². The van der Waals surface area contributed by atoms with E-state index < -0.39 is 10.1 Å². The Morgan fingerprint density at radius 1 is 1.13 bits per heavy atom. The first-order valence-electron chi connectivity index (χ1n) is 8.92. The number of nitriles is 1. The molecule has 9 heteroatoms. The van der Waals surface area contributed by atoms with Crippen molar-refractivity contribution in [3.63, 3.8) is 0 Å². The van der Waals surface area contributed by atoms with Crippen molar-refractivity contribution < 1.29 is 12.6 Å². The van der Waals surface area contributed by atoms with Crippen molar-refractivity contribution in [3.05, 3.63) is 87.6 Å². The second kappa shape index (κ2) is 8.55. The molecule has 0 amide bonds. The second-order valence-electron chi connectivity index (χ2n) is 6.45. The van der Waals surface area contributed by atoms with Gasteiger partial charge in [-0.2, -0.15) is 13.7 Å². The van der Waals surface area contributed by atoms with Gasteiger partial charge in [-0.15, -0.1) is 0 Å². The smallest absolute Gasteiger partial charge is 0.339 e.